The molecule has 0 amide bonds. The maximum atomic E-state index is 6.27. The molecule has 1 aromatic rings. The Kier molecular flexibility index (Phi) is 5.52. The number of likely N-dealkylation sites (N-methyl/N-ethyl adjacent to an activating group) is 1. The fourth-order valence-corrected chi connectivity index (χ4v) is 2.28. The van der Waals surface area contributed by atoms with Crippen LogP contribution in [0.15, 0.2) is 12.1 Å². The van der Waals surface area contributed by atoms with Gasteiger partial charge in [-0.25, -0.2) is 0 Å². The summed E-state index contributed by atoms with van der Waals surface area (Å²) in [6, 6.07) is 4.45. The van der Waals surface area contributed by atoms with Gasteiger partial charge in [0.15, 0.2) is 11.5 Å². The van der Waals surface area contributed by atoms with E-state index in [9.17, 15) is 0 Å². The van der Waals surface area contributed by atoms with Crippen molar-refractivity contribution in [2.24, 2.45) is 0 Å². The van der Waals surface area contributed by atoms with Gasteiger partial charge in [-0.05, 0) is 38.7 Å². The molecule has 4 nitrogen and oxygen atoms in total. The first-order valence-corrected chi connectivity index (χ1v) is 7.41. The van der Waals surface area contributed by atoms with Gasteiger partial charge in [0.2, 0.25) is 0 Å². The molecule has 1 heterocycles. The van der Waals surface area contributed by atoms with E-state index in [4.69, 9.17) is 21.1 Å². The molecule has 0 spiro atoms. The van der Waals surface area contributed by atoms with Gasteiger partial charge in [0.25, 0.3) is 0 Å². The van der Waals surface area contributed by atoms with E-state index in [-0.39, 0.29) is 0 Å². The smallest absolute Gasteiger partial charge is 0.179 e. The summed E-state index contributed by atoms with van der Waals surface area (Å²) in [6.45, 7) is 5.23. The molecule has 5 heteroatoms. The highest BCUT2D eigenvalue weighted by Gasteiger charge is 2.15. The minimum Gasteiger partial charge on any atom is -0.489 e. The summed E-state index contributed by atoms with van der Waals surface area (Å²) in [5.74, 6) is 1.43. The van der Waals surface area contributed by atoms with Crippen molar-refractivity contribution in [1.82, 2.24) is 10.2 Å². The van der Waals surface area contributed by atoms with Crippen LogP contribution in [0.3, 0.4) is 0 Å². The number of benzene rings is 1. The Labute approximate surface area is 126 Å². The second-order valence-electron chi connectivity index (χ2n) is 5.40. The van der Waals surface area contributed by atoms with E-state index in [0.717, 1.165) is 30.8 Å². The van der Waals surface area contributed by atoms with Crippen LogP contribution in [0.5, 0.6) is 11.5 Å². The lowest BCUT2D eigenvalue weighted by Gasteiger charge is -2.20. The molecule has 1 aliphatic rings. The van der Waals surface area contributed by atoms with Gasteiger partial charge < -0.3 is 19.7 Å². The van der Waals surface area contributed by atoms with Crippen molar-refractivity contribution in [3.63, 3.8) is 0 Å². The molecule has 1 aromatic carbocycles. The number of ether oxygens (including phenoxy) is 2. The number of hydrogen-bond acceptors (Lipinski definition) is 4. The van der Waals surface area contributed by atoms with E-state index in [2.05, 4.69) is 31.2 Å². The van der Waals surface area contributed by atoms with E-state index in [1.165, 1.54) is 0 Å². The minimum absolute atomic E-state index is 0.492. The number of hydrogen-bond donors (Lipinski definition) is 1. The zero-order valence-electron chi connectivity index (χ0n) is 12.4. The molecular formula is C15H23ClN2O2. The van der Waals surface area contributed by atoms with Crippen LogP contribution in [-0.2, 0) is 6.54 Å². The van der Waals surface area contributed by atoms with Crippen molar-refractivity contribution >= 4 is 11.6 Å². The largest absolute Gasteiger partial charge is 0.489 e. The SMILES string of the molecule is CC(CNCc1cc(Cl)c2c(c1)OCCCO2)N(C)C. The zero-order chi connectivity index (χ0) is 14.5. The molecule has 0 bridgehead atoms. The molecule has 1 unspecified atom stereocenters. The lowest BCUT2D eigenvalue weighted by molar-refractivity contribution is 0.296. The van der Waals surface area contributed by atoms with Crippen LogP contribution in [0.1, 0.15) is 18.9 Å². The van der Waals surface area contributed by atoms with Gasteiger partial charge in [-0.2, -0.15) is 0 Å². The third-order valence-electron chi connectivity index (χ3n) is 3.51. The lowest BCUT2D eigenvalue weighted by atomic mass is 10.2. The van der Waals surface area contributed by atoms with Crippen LogP contribution in [-0.4, -0.2) is 44.8 Å². The number of nitrogens with one attached hydrogen (secondary N) is 1. The van der Waals surface area contributed by atoms with E-state index < -0.39 is 0 Å². The highest BCUT2D eigenvalue weighted by molar-refractivity contribution is 6.32. The minimum atomic E-state index is 0.492. The summed E-state index contributed by atoms with van der Waals surface area (Å²) in [4.78, 5) is 2.19. The first-order valence-electron chi connectivity index (χ1n) is 7.03. The Morgan fingerprint density at radius 1 is 1.30 bits per heavy atom. The first kappa shape index (κ1) is 15.4. The zero-order valence-corrected chi connectivity index (χ0v) is 13.2. The summed E-state index contributed by atoms with van der Waals surface area (Å²) >= 11 is 6.27. The van der Waals surface area contributed by atoms with Crippen LogP contribution in [0, 0.1) is 0 Å². The van der Waals surface area contributed by atoms with Gasteiger partial charge in [0, 0.05) is 25.6 Å². The van der Waals surface area contributed by atoms with E-state index in [0.29, 0.717) is 30.0 Å². The molecule has 0 fully saturated rings. The Morgan fingerprint density at radius 2 is 2.05 bits per heavy atom. The molecule has 1 aliphatic heterocycles. The molecule has 0 radical (unpaired) electrons. The van der Waals surface area contributed by atoms with Crippen molar-refractivity contribution < 1.29 is 9.47 Å². The molecule has 1 N–H and O–H groups in total. The molecule has 0 aliphatic carbocycles. The van der Waals surface area contributed by atoms with Gasteiger partial charge in [-0.1, -0.05) is 11.6 Å². The van der Waals surface area contributed by atoms with Gasteiger partial charge >= 0.3 is 0 Å². The van der Waals surface area contributed by atoms with Crippen molar-refractivity contribution in [2.45, 2.75) is 25.9 Å². The lowest BCUT2D eigenvalue weighted by Crippen LogP contribution is -2.35. The first-order chi connectivity index (χ1) is 9.58. The fraction of sp³-hybridized carbons (Fsp3) is 0.600. The predicted octanol–water partition coefficient (Wildman–Crippen LogP) is 2.54. The van der Waals surface area contributed by atoms with Gasteiger partial charge in [0.05, 0.1) is 18.2 Å². The summed E-state index contributed by atoms with van der Waals surface area (Å²) in [7, 11) is 4.16. The van der Waals surface area contributed by atoms with Crippen LogP contribution < -0.4 is 14.8 Å². The highest BCUT2D eigenvalue weighted by Crippen LogP contribution is 2.37. The second-order valence-corrected chi connectivity index (χ2v) is 5.81. The number of nitrogens with zero attached hydrogens (tertiary/aromatic N) is 1. The van der Waals surface area contributed by atoms with Crippen LogP contribution in [0.2, 0.25) is 5.02 Å². The maximum Gasteiger partial charge on any atom is 0.179 e. The quantitative estimate of drug-likeness (QED) is 0.906. The summed E-state index contributed by atoms with van der Waals surface area (Å²) < 4.78 is 11.3. The Hall–Kier alpha value is -0.970. The van der Waals surface area contributed by atoms with E-state index in [1.807, 2.05) is 12.1 Å². The molecule has 2 rings (SSSR count). The summed E-state index contributed by atoms with van der Waals surface area (Å²) in [6.07, 6.45) is 0.888. The Balaban J connectivity index is 1.99. The summed E-state index contributed by atoms with van der Waals surface area (Å²) in [5, 5.41) is 4.06. The van der Waals surface area contributed by atoms with Crippen LogP contribution in [0.4, 0.5) is 0 Å². The van der Waals surface area contributed by atoms with Crippen molar-refractivity contribution in [1.29, 1.82) is 0 Å². The molecule has 0 saturated heterocycles. The third kappa shape index (κ3) is 4.01. The molecule has 0 aromatic heterocycles. The van der Waals surface area contributed by atoms with Crippen molar-refractivity contribution in [2.75, 3.05) is 33.9 Å². The predicted molar refractivity (Wildman–Crippen MR) is 81.9 cm³/mol. The van der Waals surface area contributed by atoms with Gasteiger partial charge in [-0.3, -0.25) is 0 Å². The average molecular weight is 299 g/mol. The molecular weight excluding hydrogens is 276 g/mol. The van der Waals surface area contributed by atoms with E-state index >= 15 is 0 Å². The number of halogens is 1. The van der Waals surface area contributed by atoms with Gasteiger partial charge in [0.1, 0.15) is 0 Å². The highest BCUT2D eigenvalue weighted by atomic mass is 35.5. The molecule has 0 saturated carbocycles. The average Bonchev–Trinajstić information content (AvgIpc) is 2.64. The number of rotatable bonds is 5. The third-order valence-corrected chi connectivity index (χ3v) is 3.79. The monoisotopic (exact) mass is 298 g/mol. The van der Waals surface area contributed by atoms with Gasteiger partial charge in [-0.15, -0.1) is 0 Å². The Bertz CT molecular complexity index is 452. The van der Waals surface area contributed by atoms with Crippen molar-refractivity contribution in [3.05, 3.63) is 22.7 Å². The van der Waals surface area contributed by atoms with Crippen LogP contribution in [0.25, 0.3) is 0 Å². The number of fused-ring (bicyclic) bond motifs is 1. The summed E-state index contributed by atoms with van der Waals surface area (Å²) in [5.41, 5.74) is 1.12. The normalized spacial score (nSPS) is 16.1. The fourth-order valence-electron chi connectivity index (χ4n) is 1.99. The standard InChI is InChI=1S/C15H23ClN2O2/c1-11(18(2)3)9-17-10-12-7-13(16)15-14(8-12)19-5-4-6-20-15/h7-8,11,17H,4-6,9-10H2,1-3H3. The van der Waals surface area contributed by atoms with Crippen molar-refractivity contribution in [3.8, 4) is 11.5 Å². The second kappa shape index (κ2) is 7.16. The van der Waals surface area contributed by atoms with E-state index in [1.54, 1.807) is 0 Å². The topological polar surface area (TPSA) is 33.7 Å². The van der Waals surface area contributed by atoms with Crippen LogP contribution >= 0.6 is 11.6 Å². The molecule has 20 heavy (non-hydrogen) atoms. The molecule has 112 valence electrons. The maximum absolute atomic E-state index is 6.27. The molecule has 1 atom stereocenters. The Morgan fingerprint density at radius 3 is 2.80 bits per heavy atom.